The fourth-order valence-electron chi connectivity index (χ4n) is 1.60. The molecular weight excluding hydrogens is 280 g/mol. The van der Waals surface area contributed by atoms with Crippen LogP contribution in [0.1, 0.15) is 20.8 Å². The van der Waals surface area contributed by atoms with Crippen molar-refractivity contribution in [3.63, 3.8) is 0 Å². The second-order valence-electron chi connectivity index (χ2n) is 4.10. The van der Waals surface area contributed by atoms with Crippen molar-refractivity contribution in [2.75, 3.05) is 6.54 Å². The summed E-state index contributed by atoms with van der Waals surface area (Å²) in [6, 6.07) is 4.05. The van der Waals surface area contributed by atoms with Crippen LogP contribution in [0.2, 0.25) is 0 Å². The van der Waals surface area contributed by atoms with Crippen LogP contribution in [0.15, 0.2) is 24.4 Å². The Hall–Kier alpha value is -3.10. The zero-order chi connectivity index (χ0) is 15.4. The number of nitrogens with zero attached hydrogens (tertiary/aromatic N) is 3. The van der Waals surface area contributed by atoms with E-state index in [-0.39, 0.29) is 30.1 Å². The van der Waals surface area contributed by atoms with Gasteiger partial charge in [-0.2, -0.15) is 0 Å². The minimum atomic E-state index is -1.19. The molecule has 1 heterocycles. The number of carboxylic acids is 1. The number of carbonyl (C=O) groups excluding carboxylic acids is 1. The number of aromatic carboxylic acids is 1. The summed E-state index contributed by atoms with van der Waals surface area (Å²) in [5.41, 5.74) is -0.244. The largest absolute Gasteiger partial charge is 0.504 e. The minimum Gasteiger partial charge on any atom is -0.504 e. The van der Waals surface area contributed by atoms with Crippen LogP contribution in [-0.2, 0) is 6.54 Å². The van der Waals surface area contributed by atoms with Crippen molar-refractivity contribution in [1.29, 1.82) is 0 Å². The fourth-order valence-corrected chi connectivity index (χ4v) is 1.60. The quantitative estimate of drug-likeness (QED) is 0.561. The summed E-state index contributed by atoms with van der Waals surface area (Å²) in [5, 5.41) is 37.0. The lowest BCUT2D eigenvalue weighted by molar-refractivity contribution is 0.0690. The highest BCUT2D eigenvalue weighted by Crippen LogP contribution is 2.27. The first-order valence-corrected chi connectivity index (χ1v) is 5.91. The average molecular weight is 292 g/mol. The number of aromatic hydroxyl groups is 2. The van der Waals surface area contributed by atoms with Crippen LogP contribution in [0.3, 0.4) is 0 Å². The van der Waals surface area contributed by atoms with Crippen LogP contribution in [0, 0.1) is 0 Å². The highest BCUT2D eigenvalue weighted by molar-refractivity contribution is 5.97. The fraction of sp³-hybridized carbons (Fsp3) is 0.167. The Bertz CT molecular complexity index is 682. The Morgan fingerprint density at radius 1 is 1.29 bits per heavy atom. The number of rotatable bonds is 5. The lowest BCUT2D eigenvalue weighted by atomic mass is 10.1. The number of hydrogen-bond donors (Lipinski definition) is 4. The lowest BCUT2D eigenvalue weighted by Crippen LogP contribution is -2.27. The number of carboxylic acid groups (broad SMARTS) is 1. The number of nitrogens with one attached hydrogen (secondary N) is 1. The van der Waals surface area contributed by atoms with Gasteiger partial charge in [0.25, 0.3) is 5.91 Å². The molecule has 0 fully saturated rings. The summed E-state index contributed by atoms with van der Waals surface area (Å²) >= 11 is 0. The van der Waals surface area contributed by atoms with E-state index in [9.17, 15) is 19.8 Å². The van der Waals surface area contributed by atoms with Crippen molar-refractivity contribution in [2.24, 2.45) is 0 Å². The SMILES string of the molecule is O=C(O)c1cn(CCNC(=O)c2cccc(O)c2O)nn1. The number of carbonyl (C=O) groups is 2. The van der Waals surface area contributed by atoms with E-state index < -0.39 is 17.6 Å². The topological polar surface area (TPSA) is 138 Å². The van der Waals surface area contributed by atoms with Gasteiger partial charge in [-0.3, -0.25) is 4.79 Å². The molecule has 4 N–H and O–H groups in total. The van der Waals surface area contributed by atoms with E-state index in [1.807, 2.05) is 0 Å². The molecule has 0 saturated carbocycles. The van der Waals surface area contributed by atoms with Gasteiger partial charge in [0.15, 0.2) is 17.2 Å². The number of para-hydroxylation sites is 1. The lowest BCUT2D eigenvalue weighted by Gasteiger charge is -2.07. The number of amides is 1. The Morgan fingerprint density at radius 2 is 2.05 bits per heavy atom. The van der Waals surface area contributed by atoms with Crippen LogP contribution >= 0.6 is 0 Å². The van der Waals surface area contributed by atoms with Crippen LogP contribution < -0.4 is 5.32 Å². The number of phenols is 2. The first kappa shape index (κ1) is 14.3. The van der Waals surface area contributed by atoms with Gasteiger partial charge in [-0.1, -0.05) is 11.3 Å². The summed E-state index contributed by atoms with van der Waals surface area (Å²) < 4.78 is 1.27. The summed E-state index contributed by atoms with van der Waals surface area (Å²) in [5.74, 6) is -2.63. The van der Waals surface area contributed by atoms with Gasteiger partial charge in [-0.15, -0.1) is 5.10 Å². The molecule has 9 heteroatoms. The van der Waals surface area contributed by atoms with Gasteiger partial charge in [0.05, 0.1) is 18.3 Å². The molecule has 110 valence electrons. The van der Waals surface area contributed by atoms with Gasteiger partial charge in [0, 0.05) is 6.54 Å². The van der Waals surface area contributed by atoms with Crippen molar-refractivity contribution in [2.45, 2.75) is 6.54 Å². The third-order valence-electron chi connectivity index (χ3n) is 2.64. The molecule has 0 unspecified atom stereocenters. The van der Waals surface area contributed by atoms with Crippen LogP contribution in [0.5, 0.6) is 11.5 Å². The molecule has 0 spiro atoms. The standard InChI is InChI=1S/C12H12N4O5/c17-9-3-1-2-7(10(9)18)11(19)13-4-5-16-6-8(12(20)21)14-15-16/h1-3,6,17-18H,4-5H2,(H,13,19)(H,20,21). The van der Waals surface area contributed by atoms with E-state index in [1.54, 1.807) is 0 Å². The molecule has 1 aromatic heterocycles. The third-order valence-corrected chi connectivity index (χ3v) is 2.64. The molecule has 0 atom stereocenters. The van der Waals surface area contributed by atoms with Gasteiger partial charge in [0.2, 0.25) is 0 Å². The highest BCUT2D eigenvalue weighted by atomic mass is 16.4. The molecule has 0 aliphatic heterocycles. The predicted molar refractivity (Wildman–Crippen MR) is 69.1 cm³/mol. The van der Waals surface area contributed by atoms with Gasteiger partial charge in [-0.05, 0) is 12.1 Å². The molecule has 0 aliphatic carbocycles. The van der Waals surface area contributed by atoms with E-state index in [4.69, 9.17) is 5.11 Å². The van der Waals surface area contributed by atoms with Crippen molar-refractivity contribution in [3.05, 3.63) is 35.7 Å². The molecule has 0 aliphatic rings. The molecule has 0 radical (unpaired) electrons. The van der Waals surface area contributed by atoms with E-state index in [0.717, 1.165) is 0 Å². The molecule has 1 amide bonds. The van der Waals surface area contributed by atoms with Crippen molar-refractivity contribution >= 4 is 11.9 Å². The van der Waals surface area contributed by atoms with Crippen molar-refractivity contribution in [3.8, 4) is 11.5 Å². The Balaban J connectivity index is 1.92. The molecule has 0 saturated heterocycles. The first-order chi connectivity index (χ1) is 9.99. The van der Waals surface area contributed by atoms with E-state index in [0.29, 0.717) is 0 Å². The maximum absolute atomic E-state index is 11.8. The smallest absolute Gasteiger partial charge is 0.358 e. The summed E-state index contributed by atoms with van der Waals surface area (Å²) in [6.07, 6.45) is 1.24. The maximum Gasteiger partial charge on any atom is 0.358 e. The molecular formula is C12H12N4O5. The van der Waals surface area contributed by atoms with Crippen molar-refractivity contribution in [1.82, 2.24) is 20.3 Å². The van der Waals surface area contributed by atoms with Gasteiger partial charge in [-0.25, -0.2) is 9.48 Å². The van der Waals surface area contributed by atoms with Crippen molar-refractivity contribution < 1.29 is 24.9 Å². The maximum atomic E-state index is 11.8. The molecule has 21 heavy (non-hydrogen) atoms. The number of aromatic nitrogens is 3. The van der Waals surface area contributed by atoms with E-state index in [1.165, 1.54) is 29.1 Å². The van der Waals surface area contributed by atoms with Crippen LogP contribution in [0.4, 0.5) is 0 Å². The van der Waals surface area contributed by atoms with Crippen LogP contribution in [-0.4, -0.2) is 48.7 Å². The predicted octanol–water partition coefficient (Wildman–Crippen LogP) is -0.183. The zero-order valence-electron chi connectivity index (χ0n) is 10.7. The highest BCUT2D eigenvalue weighted by Gasteiger charge is 2.13. The minimum absolute atomic E-state index is 0.0557. The van der Waals surface area contributed by atoms with Gasteiger partial charge >= 0.3 is 5.97 Å². The second-order valence-corrected chi connectivity index (χ2v) is 4.10. The van der Waals surface area contributed by atoms with E-state index in [2.05, 4.69) is 15.6 Å². The summed E-state index contributed by atoms with van der Waals surface area (Å²) in [7, 11) is 0. The normalized spacial score (nSPS) is 10.3. The summed E-state index contributed by atoms with van der Waals surface area (Å²) in [6.45, 7) is 0.363. The Morgan fingerprint density at radius 3 is 2.71 bits per heavy atom. The average Bonchev–Trinajstić information content (AvgIpc) is 2.91. The molecule has 9 nitrogen and oxygen atoms in total. The Labute approximate surface area is 118 Å². The van der Waals surface area contributed by atoms with Gasteiger partial charge < -0.3 is 20.6 Å². The third kappa shape index (κ3) is 3.26. The first-order valence-electron chi connectivity index (χ1n) is 5.91. The molecule has 1 aromatic carbocycles. The number of hydrogen-bond acceptors (Lipinski definition) is 6. The molecule has 2 aromatic rings. The number of phenolic OH excluding ortho intramolecular Hbond substituents is 2. The zero-order valence-corrected chi connectivity index (χ0v) is 10.7. The van der Waals surface area contributed by atoms with E-state index >= 15 is 0 Å². The molecule has 2 rings (SSSR count). The molecule has 0 bridgehead atoms. The second kappa shape index (κ2) is 5.90. The Kier molecular flexibility index (Phi) is 4.02. The summed E-state index contributed by atoms with van der Waals surface area (Å²) in [4.78, 5) is 22.4. The van der Waals surface area contributed by atoms with Gasteiger partial charge in [0.1, 0.15) is 0 Å². The number of benzene rings is 1. The van der Waals surface area contributed by atoms with Crippen LogP contribution in [0.25, 0.3) is 0 Å². The monoisotopic (exact) mass is 292 g/mol.